The molecule has 0 saturated heterocycles. The number of benzene rings is 3. The first-order valence-electron chi connectivity index (χ1n) is 11.1. The van der Waals surface area contributed by atoms with Gasteiger partial charge in [0.15, 0.2) is 0 Å². The third-order valence-electron chi connectivity index (χ3n) is 5.76. The minimum Gasteiger partial charge on any atom is -0.497 e. The summed E-state index contributed by atoms with van der Waals surface area (Å²) < 4.78 is 165. The van der Waals surface area contributed by atoms with Crippen molar-refractivity contribution in [2.24, 2.45) is 0 Å². The maximum Gasteiger partial charge on any atom is 0.460 e. The average Bonchev–Trinajstić information content (AvgIpc) is 2.91. The quantitative estimate of drug-likeness (QED) is 0.211. The first-order chi connectivity index (χ1) is 18.8. The number of hydrogen-bond acceptors (Lipinski definition) is 5. The third kappa shape index (κ3) is 5.44. The molecule has 0 amide bonds. The summed E-state index contributed by atoms with van der Waals surface area (Å²) in [5.74, 6) is -14.6. The molecule has 0 fully saturated rings. The van der Waals surface area contributed by atoms with Crippen LogP contribution in [0.2, 0.25) is 0 Å². The van der Waals surface area contributed by atoms with Gasteiger partial charge in [-0.25, -0.2) is 3.63 Å². The molecule has 41 heavy (non-hydrogen) atoms. The molecule has 0 aliphatic heterocycles. The Morgan fingerprint density at radius 2 is 0.902 bits per heavy atom. The molecular formula is C25H21F9O5S2. The second kappa shape index (κ2) is 10.9. The van der Waals surface area contributed by atoms with Crippen molar-refractivity contribution in [3.05, 3.63) is 78.4 Å². The van der Waals surface area contributed by atoms with Crippen molar-refractivity contribution in [3.8, 4) is 11.5 Å². The molecule has 0 aliphatic rings. The molecule has 0 spiro atoms. The van der Waals surface area contributed by atoms with Gasteiger partial charge in [-0.2, -0.15) is 47.9 Å². The minimum atomic E-state index is -7.48. The van der Waals surface area contributed by atoms with E-state index in [2.05, 4.69) is 0 Å². The fourth-order valence-electron chi connectivity index (χ4n) is 3.49. The van der Waals surface area contributed by atoms with Crippen LogP contribution in [-0.2, 0) is 13.7 Å². The summed E-state index contributed by atoms with van der Waals surface area (Å²) in [7, 11) is -8.88. The van der Waals surface area contributed by atoms with Crippen LogP contribution < -0.4 is 9.47 Å². The highest BCUT2D eigenvalue weighted by atomic mass is 32.3. The number of halogens is 9. The van der Waals surface area contributed by atoms with Gasteiger partial charge in [-0.15, -0.1) is 0 Å². The molecule has 0 unspecified atom stereocenters. The highest BCUT2D eigenvalue weighted by Crippen LogP contribution is 2.71. The van der Waals surface area contributed by atoms with E-state index in [0.29, 0.717) is 5.56 Å². The topological polar surface area (TPSA) is 61.8 Å². The van der Waals surface area contributed by atoms with Gasteiger partial charge in [0.05, 0.1) is 14.2 Å². The number of aryl methyl sites for hydroxylation is 1. The Balaban J connectivity index is 2.39. The summed E-state index contributed by atoms with van der Waals surface area (Å²) in [6.07, 6.45) is -7.23. The van der Waals surface area contributed by atoms with E-state index in [1.165, 1.54) is 62.8 Å². The van der Waals surface area contributed by atoms with E-state index in [1.54, 1.807) is 6.92 Å². The number of rotatable bonds is 10. The Hall–Kier alpha value is -3.11. The molecule has 226 valence electrons. The largest absolute Gasteiger partial charge is 0.497 e. The third-order valence-corrected chi connectivity index (χ3v) is 11.0. The number of ether oxygens (including phenoxy) is 2. The van der Waals surface area contributed by atoms with Gasteiger partial charge in [-0.05, 0) is 77.9 Å². The SMILES string of the molecule is COc1ccc(S(OS(=O)(=O)C(F)(F)C(F)(F)C(F)(F)C(F)(F)F)(c2ccc(C)cc2)c2ccc(OC)cc2)cc1. The summed E-state index contributed by atoms with van der Waals surface area (Å²) in [6.45, 7) is 1.60. The van der Waals surface area contributed by atoms with Gasteiger partial charge >= 0.3 is 33.4 Å². The van der Waals surface area contributed by atoms with E-state index in [0.717, 1.165) is 24.3 Å². The van der Waals surface area contributed by atoms with Crippen LogP contribution in [0.15, 0.2) is 87.5 Å². The molecule has 3 aromatic rings. The Morgan fingerprint density at radius 3 is 1.22 bits per heavy atom. The van der Waals surface area contributed by atoms with Crippen LogP contribution in [0, 0.1) is 6.92 Å². The predicted molar refractivity (Wildman–Crippen MR) is 130 cm³/mol. The molecule has 0 aromatic heterocycles. The first-order valence-corrected chi connectivity index (χ1v) is 14.1. The lowest BCUT2D eigenvalue weighted by atomic mass is 10.1. The van der Waals surface area contributed by atoms with Crippen LogP contribution in [-0.4, -0.2) is 45.9 Å². The summed E-state index contributed by atoms with van der Waals surface area (Å²) in [4.78, 5) is -0.682. The van der Waals surface area contributed by atoms with E-state index >= 15 is 0 Å². The van der Waals surface area contributed by atoms with E-state index in [9.17, 15) is 47.9 Å². The summed E-state index contributed by atoms with van der Waals surface area (Å²) in [6, 6.07) is 14.8. The van der Waals surface area contributed by atoms with Crippen molar-refractivity contribution in [3.63, 3.8) is 0 Å². The van der Waals surface area contributed by atoms with Crippen molar-refractivity contribution in [1.82, 2.24) is 0 Å². The zero-order chi connectivity index (χ0) is 31.1. The molecule has 0 bridgehead atoms. The first kappa shape index (κ1) is 32.4. The van der Waals surface area contributed by atoms with Crippen LogP contribution in [0.25, 0.3) is 0 Å². The summed E-state index contributed by atoms with van der Waals surface area (Å²) >= 11 is 0. The molecule has 16 heteroatoms. The molecule has 0 radical (unpaired) electrons. The van der Waals surface area contributed by atoms with Gasteiger partial charge in [0.2, 0.25) is 0 Å². The van der Waals surface area contributed by atoms with Gasteiger partial charge in [0, 0.05) is 14.7 Å². The zero-order valence-electron chi connectivity index (χ0n) is 21.2. The van der Waals surface area contributed by atoms with Gasteiger partial charge in [0.25, 0.3) is 0 Å². The fourth-order valence-corrected chi connectivity index (χ4v) is 8.66. The zero-order valence-corrected chi connectivity index (χ0v) is 22.8. The Labute approximate surface area is 230 Å². The lowest BCUT2D eigenvalue weighted by molar-refractivity contribution is -0.382. The summed E-state index contributed by atoms with van der Waals surface area (Å²) in [5.41, 5.74) is 0.580. The van der Waals surface area contributed by atoms with Gasteiger partial charge in [-0.3, -0.25) is 0 Å². The average molecular weight is 637 g/mol. The van der Waals surface area contributed by atoms with Gasteiger partial charge in [0.1, 0.15) is 11.5 Å². The fraction of sp³-hybridized carbons (Fsp3) is 0.280. The van der Waals surface area contributed by atoms with E-state index in [4.69, 9.17) is 13.1 Å². The maximum absolute atomic E-state index is 14.9. The van der Waals surface area contributed by atoms with E-state index in [1.807, 2.05) is 0 Å². The number of hydrogen-bond donors (Lipinski definition) is 0. The van der Waals surface area contributed by atoms with E-state index < -0.39 is 43.7 Å². The molecule has 5 nitrogen and oxygen atoms in total. The van der Waals surface area contributed by atoms with Crippen LogP contribution >= 0.6 is 10.3 Å². The Kier molecular flexibility index (Phi) is 8.65. The molecule has 0 heterocycles. The van der Waals surface area contributed by atoms with Crippen LogP contribution in [0.1, 0.15) is 5.56 Å². The highest BCUT2D eigenvalue weighted by Gasteiger charge is 2.86. The molecule has 0 aliphatic carbocycles. The second-order valence-electron chi connectivity index (χ2n) is 8.41. The van der Waals surface area contributed by atoms with Crippen LogP contribution in [0.3, 0.4) is 0 Å². The monoisotopic (exact) mass is 636 g/mol. The normalized spacial score (nSPS) is 14.0. The summed E-state index contributed by atoms with van der Waals surface area (Å²) in [5, 5.41) is -7.07. The Bertz CT molecular complexity index is 1410. The minimum absolute atomic E-state index is 0.185. The highest BCUT2D eigenvalue weighted by molar-refractivity contribution is 8.33. The van der Waals surface area contributed by atoms with Crippen LogP contribution in [0.4, 0.5) is 39.5 Å². The van der Waals surface area contributed by atoms with Crippen molar-refractivity contribution in [1.29, 1.82) is 0 Å². The lowest BCUT2D eigenvalue weighted by Crippen LogP contribution is -2.63. The van der Waals surface area contributed by atoms with Gasteiger partial charge < -0.3 is 9.47 Å². The second-order valence-corrected chi connectivity index (χ2v) is 12.9. The van der Waals surface area contributed by atoms with Crippen molar-refractivity contribution < 1.29 is 61.0 Å². The molecular weight excluding hydrogens is 615 g/mol. The standard InChI is InChI=1S/C25H21F9O5S2/c1-16-4-10-19(11-5-16)40(20-12-6-17(37-2)7-13-20,21-14-8-18(38-3)9-15-21)39-41(35,36)25(33,34)23(28,29)22(26,27)24(30,31)32/h4-15H,1-3H3. The van der Waals surface area contributed by atoms with Crippen molar-refractivity contribution in [2.75, 3.05) is 14.2 Å². The number of methoxy groups -OCH3 is 2. The van der Waals surface area contributed by atoms with E-state index in [-0.39, 0.29) is 26.2 Å². The molecule has 0 saturated carbocycles. The molecule has 0 atom stereocenters. The van der Waals surface area contributed by atoms with Crippen molar-refractivity contribution >= 4 is 20.4 Å². The number of alkyl halides is 9. The maximum atomic E-state index is 14.9. The Morgan fingerprint density at radius 1 is 0.561 bits per heavy atom. The van der Waals surface area contributed by atoms with Crippen LogP contribution in [0.5, 0.6) is 11.5 Å². The van der Waals surface area contributed by atoms with Crippen molar-refractivity contribution in [2.45, 2.75) is 44.9 Å². The van der Waals surface area contributed by atoms with Gasteiger partial charge in [-0.1, -0.05) is 17.7 Å². The lowest BCUT2D eigenvalue weighted by Gasteiger charge is -2.41. The predicted octanol–water partition coefficient (Wildman–Crippen LogP) is 7.98. The molecule has 0 N–H and O–H groups in total. The molecule has 3 aromatic carbocycles. The molecule has 3 rings (SSSR count). The smallest absolute Gasteiger partial charge is 0.460 e.